The maximum atomic E-state index is 12.5. The van der Waals surface area contributed by atoms with Gasteiger partial charge in [-0.25, -0.2) is 4.68 Å². The molecule has 1 amide bonds. The average molecular weight is 432 g/mol. The number of benzene rings is 1. The predicted octanol–water partition coefficient (Wildman–Crippen LogP) is 4.51. The predicted molar refractivity (Wildman–Crippen MR) is 127 cm³/mol. The Balaban J connectivity index is 1.24. The number of pyridine rings is 1. The Kier molecular flexibility index (Phi) is 7.67. The maximum absolute atomic E-state index is 12.5. The molecule has 3 heterocycles. The minimum absolute atomic E-state index is 0.0594. The van der Waals surface area contributed by atoms with Gasteiger partial charge in [-0.05, 0) is 50.3 Å². The van der Waals surface area contributed by atoms with Crippen molar-refractivity contribution in [2.75, 3.05) is 18.4 Å². The molecule has 1 aliphatic heterocycles. The van der Waals surface area contributed by atoms with Crippen molar-refractivity contribution in [2.24, 2.45) is 0 Å². The van der Waals surface area contributed by atoms with E-state index in [0.717, 1.165) is 56.7 Å². The van der Waals surface area contributed by atoms with Gasteiger partial charge in [-0.2, -0.15) is 5.10 Å². The fourth-order valence-electron chi connectivity index (χ4n) is 4.53. The van der Waals surface area contributed by atoms with E-state index in [1.54, 1.807) is 6.20 Å². The van der Waals surface area contributed by atoms with Crippen LogP contribution in [0.5, 0.6) is 0 Å². The molecule has 2 aromatic heterocycles. The van der Waals surface area contributed by atoms with E-state index in [1.807, 2.05) is 41.2 Å². The van der Waals surface area contributed by atoms with Crippen LogP contribution in [0.4, 0.5) is 5.82 Å². The molecule has 1 unspecified atom stereocenters. The first-order valence-corrected chi connectivity index (χ1v) is 11.7. The lowest BCUT2D eigenvalue weighted by molar-refractivity contribution is -0.116. The Labute approximate surface area is 190 Å². The molecule has 1 atom stereocenters. The molecule has 6 heteroatoms. The molecular formula is C26H33N5O. The summed E-state index contributed by atoms with van der Waals surface area (Å²) in [4.78, 5) is 19.5. The Morgan fingerprint density at radius 1 is 1.06 bits per heavy atom. The van der Waals surface area contributed by atoms with Gasteiger partial charge in [-0.1, -0.05) is 36.4 Å². The number of aromatic nitrogens is 3. The molecule has 168 valence electrons. The fourth-order valence-corrected chi connectivity index (χ4v) is 4.53. The smallest absolute Gasteiger partial charge is 0.225 e. The summed E-state index contributed by atoms with van der Waals surface area (Å²) in [7, 11) is 0. The van der Waals surface area contributed by atoms with Gasteiger partial charge in [0.15, 0.2) is 0 Å². The van der Waals surface area contributed by atoms with Gasteiger partial charge in [-0.3, -0.25) is 9.78 Å². The summed E-state index contributed by atoms with van der Waals surface area (Å²) in [6.45, 7) is 4.34. The van der Waals surface area contributed by atoms with Crippen LogP contribution in [0.1, 0.15) is 49.9 Å². The Bertz CT molecular complexity index is 964. The Morgan fingerprint density at radius 2 is 1.84 bits per heavy atom. The molecule has 4 rings (SSSR count). The van der Waals surface area contributed by atoms with Gasteiger partial charge in [0.05, 0.1) is 12.2 Å². The minimum Gasteiger partial charge on any atom is -0.311 e. The summed E-state index contributed by atoms with van der Waals surface area (Å²) in [6.07, 6.45) is 8.97. The van der Waals surface area contributed by atoms with Crippen LogP contribution in [-0.4, -0.2) is 44.7 Å². The van der Waals surface area contributed by atoms with Crippen LogP contribution in [0, 0.1) is 0 Å². The van der Waals surface area contributed by atoms with Crippen LogP contribution in [-0.2, 0) is 17.6 Å². The van der Waals surface area contributed by atoms with Gasteiger partial charge in [0, 0.05) is 49.9 Å². The highest BCUT2D eigenvalue weighted by molar-refractivity contribution is 5.89. The zero-order valence-electron chi connectivity index (χ0n) is 18.9. The number of nitrogens with zero attached hydrogens (tertiary/aromatic N) is 4. The third-order valence-corrected chi connectivity index (χ3v) is 6.35. The highest BCUT2D eigenvalue weighted by atomic mass is 16.1. The molecule has 1 fully saturated rings. The number of nitrogens with one attached hydrogen (secondary N) is 1. The van der Waals surface area contributed by atoms with E-state index in [9.17, 15) is 4.79 Å². The van der Waals surface area contributed by atoms with Crippen molar-refractivity contribution in [3.05, 3.63) is 78.2 Å². The average Bonchev–Trinajstić information content (AvgIpc) is 3.28. The lowest BCUT2D eigenvalue weighted by atomic mass is 10.0. The van der Waals surface area contributed by atoms with Crippen molar-refractivity contribution in [3.8, 4) is 0 Å². The first-order valence-electron chi connectivity index (χ1n) is 11.7. The number of hydrogen-bond acceptors (Lipinski definition) is 4. The SMILES string of the molecule is CC(Cc1ccccn1)N1CCC(n2nccc2NC(=O)CCCc2ccccc2)CC1. The number of rotatable bonds is 9. The van der Waals surface area contributed by atoms with Crippen LogP contribution in [0.2, 0.25) is 0 Å². The molecular weight excluding hydrogens is 398 g/mol. The number of piperidine rings is 1. The van der Waals surface area contributed by atoms with E-state index in [2.05, 4.69) is 51.5 Å². The third kappa shape index (κ3) is 6.04. The second-order valence-corrected chi connectivity index (χ2v) is 8.69. The molecule has 1 saturated heterocycles. The molecule has 3 aromatic rings. The van der Waals surface area contributed by atoms with Gasteiger partial charge in [0.1, 0.15) is 5.82 Å². The van der Waals surface area contributed by atoms with E-state index in [1.165, 1.54) is 5.56 Å². The van der Waals surface area contributed by atoms with Crippen molar-refractivity contribution >= 4 is 11.7 Å². The topological polar surface area (TPSA) is 63.1 Å². The largest absolute Gasteiger partial charge is 0.311 e. The molecule has 1 aromatic carbocycles. The first-order chi connectivity index (χ1) is 15.7. The molecule has 0 bridgehead atoms. The van der Waals surface area contributed by atoms with Gasteiger partial charge in [0.25, 0.3) is 0 Å². The van der Waals surface area contributed by atoms with E-state index in [4.69, 9.17) is 0 Å². The molecule has 0 aliphatic carbocycles. The summed E-state index contributed by atoms with van der Waals surface area (Å²) >= 11 is 0. The third-order valence-electron chi connectivity index (χ3n) is 6.35. The minimum atomic E-state index is 0.0594. The number of carbonyl (C=O) groups excluding carboxylic acids is 1. The van der Waals surface area contributed by atoms with Crippen molar-refractivity contribution in [1.29, 1.82) is 0 Å². The second-order valence-electron chi connectivity index (χ2n) is 8.69. The number of aryl methyl sites for hydroxylation is 1. The fraction of sp³-hybridized carbons (Fsp3) is 0.423. The summed E-state index contributed by atoms with van der Waals surface area (Å²) in [5.41, 5.74) is 2.42. The van der Waals surface area contributed by atoms with E-state index >= 15 is 0 Å². The standard InChI is InChI=1S/C26H33N5O/c1-21(20-23-11-5-6-16-27-23)30-18-14-24(15-19-30)31-25(13-17-28-31)29-26(32)12-7-10-22-8-3-2-4-9-22/h2-6,8-9,11,13,16-17,21,24H,7,10,12,14-15,18-20H2,1H3,(H,29,32). The quantitative estimate of drug-likeness (QED) is 0.542. The number of hydrogen-bond donors (Lipinski definition) is 1. The van der Waals surface area contributed by atoms with Crippen molar-refractivity contribution in [3.63, 3.8) is 0 Å². The number of likely N-dealkylation sites (tertiary alicyclic amines) is 1. The van der Waals surface area contributed by atoms with Gasteiger partial charge < -0.3 is 10.2 Å². The molecule has 6 nitrogen and oxygen atoms in total. The van der Waals surface area contributed by atoms with Gasteiger partial charge >= 0.3 is 0 Å². The summed E-state index contributed by atoms with van der Waals surface area (Å²) < 4.78 is 2.01. The van der Waals surface area contributed by atoms with Crippen LogP contribution in [0.3, 0.4) is 0 Å². The van der Waals surface area contributed by atoms with E-state index in [0.29, 0.717) is 18.5 Å². The summed E-state index contributed by atoms with van der Waals surface area (Å²) in [5.74, 6) is 0.874. The Morgan fingerprint density at radius 3 is 2.59 bits per heavy atom. The van der Waals surface area contributed by atoms with Crippen molar-refractivity contribution in [2.45, 2.75) is 57.5 Å². The number of anilines is 1. The number of carbonyl (C=O) groups is 1. The second kappa shape index (κ2) is 11.0. The van der Waals surface area contributed by atoms with Gasteiger partial charge in [-0.15, -0.1) is 0 Å². The zero-order chi connectivity index (χ0) is 22.2. The normalized spacial score (nSPS) is 16.0. The first kappa shape index (κ1) is 22.2. The maximum Gasteiger partial charge on any atom is 0.225 e. The van der Waals surface area contributed by atoms with Gasteiger partial charge in [0.2, 0.25) is 5.91 Å². The van der Waals surface area contributed by atoms with Crippen LogP contribution in [0.15, 0.2) is 67.0 Å². The zero-order valence-corrected chi connectivity index (χ0v) is 18.9. The van der Waals surface area contributed by atoms with Crippen molar-refractivity contribution in [1.82, 2.24) is 19.7 Å². The van der Waals surface area contributed by atoms with Crippen LogP contribution < -0.4 is 5.32 Å². The lowest BCUT2D eigenvalue weighted by Crippen LogP contribution is -2.41. The summed E-state index contributed by atoms with van der Waals surface area (Å²) in [6, 6.07) is 19.1. The van der Waals surface area contributed by atoms with Crippen molar-refractivity contribution < 1.29 is 4.79 Å². The molecule has 1 N–H and O–H groups in total. The highest BCUT2D eigenvalue weighted by Gasteiger charge is 2.26. The Hall–Kier alpha value is -2.99. The monoisotopic (exact) mass is 431 g/mol. The lowest BCUT2D eigenvalue weighted by Gasteiger charge is -2.36. The summed E-state index contributed by atoms with van der Waals surface area (Å²) in [5, 5.41) is 7.61. The molecule has 32 heavy (non-hydrogen) atoms. The highest BCUT2D eigenvalue weighted by Crippen LogP contribution is 2.27. The molecule has 0 radical (unpaired) electrons. The van der Waals surface area contributed by atoms with E-state index in [-0.39, 0.29) is 5.91 Å². The molecule has 0 saturated carbocycles. The van der Waals surface area contributed by atoms with Crippen LogP contribution in [0.25, 0.3) is 0 Å². The molecule has 0 spiro atoms. The molecule has 1 aliphatic rings. The number of amides is 1. The van der Waals surface area contributed by atoms with Crippen LogP contribution >= 0.6 is 0 Å². The van der Waals surface area contributed by atoms with E-state index < -0.39 is 0 Å².